The minimum atomic E-state index is -3.78. The molecule has 0 unspecified atom stereocenters. The van der Waals surface area contributed by atoms with Gasteiger partial charge in [0.25, 0.3) is 10.0 Å². The fourth-order valence-corrected chi connectivity index (χ4v) is 3.73. The topological polar surface area (TPSA) is 82.4 Å². The van der Waals surface area contributed by atoms with Crippen LogP contribution in [0.2, 0.25) is 0 Å². The van der Waals surface area contributed by atoms with Gasteiger partial charge in [-0.25, -0.2) is 8.42 Å². The van der Waals surface area contributed by atoms with Crippen molar-refractivity contribution >= 4 is 15.7 Å². The van der Waals surface area contributed by atoms with Gasteiger partial charge in [0.05, 0.1) is 31.3 Å². The highest BCUT2D eigenvalue weighted by atomic mass is 32.2. The molecule has 7 nitrogen and oxygen atoms in total. The van der Waals surface area contributed by atoms with Crippen LogP contribution in [0.1, 0.15) is 11.4 Å². The van der Waals surface area contributed by atoms with Crippen LogP contribution in [0.15, 0.2) is 23.1 Å². The molecule has 1 N–H and O–H groups in total. The van der Waals surface area contributed by atoms with Crippen molar-refractivity contribution < 1.29 is 17.9 Å². The van der Waals surface area contributed by atoms with Gasteiger partial charge in [-0.1, -0.05) is 0 Å². The van der Waals surface area contributed by atoms with Crippen LogP contribution in [-0.4, -0.2) is 32.4 Å². The molecule has 0 aliphatic carbocycles. The minimum absolute atomic E-state index is 0.167. The van der Waals surface area contributed by atoms with Gasteiger partial charge in [0.2, 0.25) is 0 Å². The molecule has 2 rings (SSSR count). The number of nitrogens with zero attached hydrogens (tertiary/aromatic N) is 2. The quantitative estimate of drug-likeness (QED) is 0.907. The third-order valence-electron chi connectivity index (χ3n) is 3.36. The van der Waals surface area contributed by atoms with Gasteiger partial charge in [-0.05, 0) is 26.0 Å². The van der Waals surface area contributed by atoms with Gasteiger partial charge in [0, 0.05) is 13.1 Å². The van der Waals surface area contributed by atoms with E-state index in [2.05, 4.69) is 9.82 Å². The number of hydrogen-bond acceptors (Lipinski definition) is 5. The molecule has 22 heavy (non-hydrogen) atoms. The molecule has 0 saturated heterocycles. The van der Waals surface area contributed by atoms with Crippen LogP contribution in [0.25, 0.3) is 0 Å². The van der Waals surface area contributed by atoms with Gasteiger partial charge in [0.1, 0.15) is 16.4 Å². The van der Waals surface area contributed by atoms with Gasteiger partial charge in [-0.15, -0.1) is 0 Å². The summed E-state index contributed by atoms with van der Waals surface area (Å²) in [6, 6.07) is 4.90. The summed E-state index contributed by atoms with van der Waals surface area (Å²) >= 11 is 0. The van der Waals surface area contributed by atoms with Crippen LogP contribution in [0, 0.1) is 13.8 Å². The maximum absolute atomic E-state index is 12.7. The van der Waals surface area contributed by atoms with E-state index in [0.717, 1.165) is 0 Å². The van der Waals surface area contributed by atoms with Crippen LogP contribution >= 0.6 is 0 Å². The third-order valence-corrected chi connectivity index (χ3v) is 4.98. The molecule has 0 fully saturated rings. The maximum atomic E-state index is 12.7. The van der Waals surface area contributed by atoms with Crippen molar-refractivity contribution in [3.63, 3.8) is 0 Å². The Balaban J connectivity index is 2.49. The Morgan fingerprint density at radius 2 is 1.86 bits per heavy atom. The Labute approximate surface area is 129 Å². The average molecular weight is 325 g/mol. The Hall–Kier alpha value is -2.22. The van der Waals surface area contributed by atoms with Crippen molar-refractivity contribution in [2.24, 2.45) is 7.05 Å². The predicted octanol–water partition coefficient (Wildman–Crippen LogP) is 1.85. The molecule has 2 aromatic rings. The van der Waals surface area contributed by atoms with E-state index in [-0.39, 0.29) is 4.90 Å². The van der Waals surface area contributed by atoms with Gasteiger partial charge in [-0.3, -0.25) is 9.40 Å². The number of nitrogens with one attached hydrogen (secondary N) is 1. The van der Waals surface area contributed by atoms with Crippen molar-refractivity contribution in [2.75, 3.05) is 18.9 Å². The van der Waals surface area contributed by atoms with Crippen molar-refractivity contribution in [2.45, 2.75) is 18.7 Å². The number of benzene rings is 1. The zero-order valence-corrected chi connectivity index (χ0v) is 14.0. The fraction of sp³-hybridized carbons (Fsp3) is 0.357. The first kappa shape index (κ1) is 16.2. The molecule has 0 atom stereocenters. The van der Waals surface area contributed by atoms with Gasteiger partial charge in [-0.2, -0.15) is 5.10 Å². The Kier molecular flexibility index (Phi) is 4.32. The van der Waals surface area contributed by atoms with Crippen LogP contribution in [0.4, 0.5) is 5.69 Å². The van der Waals surface area contributed by atoms with E-state index in [0.29, 0.717) is 28.6 Å². The molecule has 0 spiro atoms. The second-order valence-electron chi connectivity index (χ2n) is 4.80. The summed E-state index contributed by atoms with van der Waals surface area (Å²) in [6.07, 6.45) is 0. The largest absolute Gasteiger partial charge is 0.497 e. The van der Waals surface area contributed by atoms with E-state index in [1.165, 1.54) is 18.9 Å². The van der Waals surface area contributed by atoms with E-state index < -0.39 is 10.0 Å². The molecule has 0 saturated carbocycles. The van der Waals surface area contributed by atoms with E-state index in [1.807, 2.05) is 0 Å². The second-order valence-corrected chi connectivity index (χ2v) is 6.41. The third kappa shape index (κ3) is 2.87. The lowest BCUT2D eigenvalue weighted by Crippen LogP contribution is -2.15. The number of rotatable bonds is 5. The van der Waals surface area contributed by atoms with E-state index >= 15 is 0 Å². The predicted molar refractivity (Wildman–Crippen MR) is 83.0 cm³/mol. The van der Waals surface area contributed by atoms with E-state index in [4.69, 9.17) is 9.47 Å². The lowest BCUT2D eigenvalue weighted by Gasteiger charge is -2.13. The molecule has 1 heterocycles. The van der Waals surface area contributed by atoms with Crippen LogP contribution in [-0.2, 0) is 17.1 Å². The first-order valence-corrected chi connectivity index (χ1v) is 8.03. The van der Waals surface area contributed by atoms with Gasteiger partial charge in [0.15, 0.2) is 0 Å². The van der Waals surface area contributed by atoms with Crippen LogP contribution < -0.4 is 14.2 Å². The molecule has 0 aliphatic rings. The van der Waals surface area contributed by atoms with Crippen LogP contribution in [0.5, 0.6) is 11.5 Å². The highest BCUT2D eigenvalue weighted by Gasteiger charge is 2.25. The van der Waals surface area contributed by atoms with Crippen molar-refractivity contribution in [1.82, 2.24) is 9.78 Å². The van der Waals surface area contributed by atoms with Gasteiger partial charge >= 0.3 is 0 Å². The zero-order chi connectivity index (χ0) is 16.5. The molecular weight excluding hydrogens is 306 g/mol. The summed E-state index contributed by atoms with van der Waals surface area (Å²) in [6.45, 7) is 3.36. The Bertz CT molecular complexity index is 797. The summed E-state index contributed by atoms with van der Waals surface area (Å²) in [5.41, 5.74) is 1.31. The standard InChI is InChI=1S/C14H19N3O4S/c1-9-14(10(2)17(3)15-9)22(18,19)16-12-8-11(20-4)6-7-13(12)21-5/h6-8,16H,1-5H3. The highest BCUT2D eigenvalue weighted by molar-refractivity contribution is 7.92. The number of aromatic nitrogens is 2. The SMILES string of the molecule is COc1ccc(OC)c(NS(=O)(=O)c2c(C)nn(C)c2C)c1. The fourth-order valence-electron chi connectivity index (χ4n) is 2.23. The monoisotopic (exact) mass is 325 g/mol. The summed E-state index contributed by atoms with van der Waals surface area (Å²) in [5, 5.41) is 4.14. The molecule has 120 valence electrons. The van der Waals surface area contributed by atoms with Crippen molar-refractivity contribution in [3.8, 4) is 11.5 Å². The zero-order valence-electron chi connectivity index (χ0n) is 13.2. The van der Waals surface area contributed by atoms with Crippen molar-refractivity contribution in [3.05, 3.63) is 29.6 Å². The van der Waals surface area contributed by atoms with E-state index in [1.54, 1.807) is 39.1 Å². The number of anilines is 1. The Morgan fingerprint density at radius 1 is 1.18 bits per heavy atom. The average Bonchev–Trinajstić information content (AvgIpc) is 2.72. The first-order chi connectivity index (χ1) is 10.3. The molecule has 0 radical (unpaired) electrons. The molecule has 8 heteroatoms. The Morgan fingerprint density at radius 3 is 2.36 bits per heavy atom. The number of hydrogen-bond donors (Lipinski definition) is 1. The normalized spacial score (nSPS) is 11.3. The smallest absolute Gasteiger partial charge is 0.265 e. The molecule has 1 aromatic carbocycles. The van der Waals surface area contributed by atoms with Gasteiger partial charge < -0.3 is 9.47 Å². The molecule has 0 amide bonds. The summed E-state index contributed by atoms with van der Waals surface area (Å²) in [4.78, 5) is 0.167. The van der Waals surface area contributed by atoms with Crippen LogP contribution in [0.3, 0.4) is 0 Å². The molecular formula is C14H19N3O4S. The highest BCUT2D eigenvalue weighted by Crippen LogP contribution is 2.31. The molecule has 1 aromatic heterocycles. The van der Waals surface area contributed by atoms with E-state index in [9.17, 15) is 8.42 Å². The summed E-state index contributed by atoms with van der Waals surface area (Å²) < 4.78 is 39.7. The lowest BCUT2D eigenvalue weighted by atomic mass is 10.3. The summed E-state index contributed by atoms with van der Waals surface area (Å²) in [7, 11) is 0.903. The maximum Gasteiger partial charge on any atom is 0.265 e. The minimum Gasteiger partial charge on any atom is -0.497 e. The number of ether oxygens (including phenoxy) is 2. The number of aryl methyl sites for hydroxylation is 2. The lowest BCUT2D eigenvalue weighted by molar-refractivity contribution is 0.405. The first-order valence-electron chi connectivity index (χ1n) is 6.55. The number of sulfonamides is 1. The second kappa shape index (κ2) is 5.88. The molecule has 0 bridgehead atoms. The summed E-state index contributed by atoms with van der Waals surface area (Å²) in [5.74, 6) is 0.932. The van der Waals surface area contributed by atoms with Crippen molar-refractivity contribution in [1.29, 1.82) is 0 Å². The number of methoxy groups -OCH3 is 2. The molecule has 0 aliphatic heterocycles.